The number of H-pyrrole nitrogens is 1. The van der Waals surface area contributed by atoms with E-state index in [4.69, 9.17) is 4.74 Å². The molecule has 1 saturated carbocycles. The lowest BCUT2D eigenvalue weighted by molar-refractivity contribution is 0.00781. The Morgan fingerprint density at radius 2 is 1.89 bits per heavy atom. The summed E-state index contributed by atoms with van der Waals surface area (Å²) in [5, 5.41) is 19.9. The normalized spacial score (nSPS) is 23.1. The number of nitrogens with zero attached hydrogens (tertiary/aromatic N) is 2. The fraction of sp³-hybridized carbons (Fsp3) is 0.556. The van der Waals surface area contributed by atoms with Gasteiger partial charge in [-0.1, -0.05) is 0 Å². The largest absolute Gasteiger partial charge is 0.492 e. The highest BCUT2D eigenvalue weighted by molar-refractivity contribution is 5.93. The number of aromatic amines is 1. The van der Waals surface area contributed by atoms with E-state index in [2.05, 4.69) is 4.98 Å². The maximum absolute atomic E-state index is 15.3. The number of aliphatic hydroxyl groups excluding tert-OH is 2. The highest BCUT2D eigenvalue weighted by Crippen LogP contribution is 2.44. The van der Waals surface area contributed by atoms with Crippen molar-refractivity contribution in [3.63, 3.8) is 0 Å². The first-order chi connectivity index (χ1) is 12.8. The third-order valence-corrected chi connectivity index (χ3v) is 5.47. The van der Waals surface area contributed by atoms with Crippen molar-refractivity contribution >= 4 is 16.6 Å². The lowest BCUT2D eigenvalue weighted by atomic mass is 10.0. The number of hydrogen-bond acceptors (Lipinski definition) is 6. The van der Waals surface area contributed by atoms with Crippen LogP contribution >= 0.6 is 0 Å². The molecule has 3 N–H and O–H groups in total. The van der Waals surface area contributed by atoms with Crippen molar-refractivity contribution in [3.05, 3.63) is 32.2 Å². The number of aromatic nitrogens is 2. The Labute approximate surface area is 153 Å². The zero-order chi connectivity index (χ0) is 19.5. The molecule has 4 rings (SSSR count). The monoisotopic (exact) mass is 379 g/mol. The number of piperidine rings is 1. The first-order valence-electron chi connectivity index (χ1n) is 9.00. The quantitative estimate of drug-likeness (QED) is 0.713. The minimum atomic E-state index is -1.02. The van der Waals surface area contributed by atoms with Gasteiger partial charge in [-0.05, 0) is 26.2 Å². The first-order valence-corrected chi connectivity index (χ1v) is 9.00. The van der Waals surface area contributed by atoms with Gasteiger partial charge in [0, 0.05) is 24.7 Å². The van der Waals surface area contributed by atoms with Gasteiger partial charge in [-0.2, -0.15) is 0 Å². The summed E-state index contributed by atoms with van der Waals surface area (Å²) in [6, 6.07) is -0.0581. The summed E-state index contributed by atoms with van der Waals surface area (Å²) >= 11 is 0. The van der Waals surface area contributed by atoms with Crippen molar-refractivity contribution < 1.29 is 19.3 Å². The van der Waals surface area contributed by atoms with Crippen LogP contribution < -0.4 is 20.9 Å². The zero-order valence-electron chi connectivity index (χ0n) is 15.2. The van der Waals surface area contributed by atoms with E-state index in [-0.39, 0.29) is 46.9 Å². The van der Waals surface area contributed by atoms with Gasteiger partial charge >= 0.3 is 5.69 Å². The van der Waals surface area contributed by atoms with Crippen molar-refractivity contribution in [1.29, 1.82) is 0 Å². The predicted molar refractivity (Wildman–Crippen MR) is 97.2 cm³/mol. The summed E-state index contributed by atoms with van der Waals surface area (Å²) in [4.78, 5) is 28.8. The third kappa shape index (κ3) is 2.72. The second-order valence-corrected chi connectivity index (χ2v) is 7.27. The number of fused-ring (bicyclic) bond motifs is 1. The van der Waals surface area contributed by atoms with Crippen LogP contribution in [0.15, 0.2) is 9.59 Å². The Kier molecular flexibility index (Phi) is 4.23. The van der Waals surface area contributed by atoms with Crippen molar-refractivity contribution in [2.45, 2.75) is 44.4 Å². The molecule has 0 spiro atoms. The van der Waals surface area contributed by atoms with Crippen LogP contribution in [-0.4, -0.2) is 52.2 Å². The fourth-order valence-corrected chi connectivity index (χ4v) is 3.90. The number of halogens is 1. The number of nitrogens with one attached hydrogen (secondary N) is 1. The van der Waals surface area contributed by atoms with Gasteiger partial charge in [-0.25, -0.2) is 9.18 Å². The first kappa shape index (κ1) is 18.0. The van der Waals surface area contributed by atoms with Crippen LogP contribution in [0.3, 0.4) is 0 Å². The van der Waals surface area contributed by atoms with E-state index in [1.165, 1.54) is 18.6 Å². The molecule has 0 bridgehead atoms. The average molecular weight is 379 g/mol. The number of anilines is 1. The molecule has 2 aromatic rings. The molecule has 0 amide bonds. The summed E-state index contributed by atoms with van der Waals surface area (Å²) in [7, 11) is 1.37. The minimum Gasteiger partial charge on any atom is -0.492 e. The molecule has 0 radical (unpaired) electrons. The van der Waals surface area contributed by atoms with Crippen molar-refractivity contribution in [2.24, 2.45) is 0 Å². The maximum atomic E-state index is 15.3. The highest BCUT2D eigenvalue weighted by Gasteiger charge is 2.35. The van der Waals surface area contributed by atoms with Gasteiger partial charge < -0.3 is 19.8 Å². The Morgan fingerprint density at radius 3 is 2.48 bits per heavy atom. The van der Waals surface area contributed by atoms with Gasteiger partial charge in [0.25, 0.3) is 5.56 Å². The molecule has 2 aliphatic rings. The minimum absolute atomic E-state index is 0.0241. The number of rotatable bonds is 3. The summed E-state index contributed by atoms with van der Waals surface area (Å²) in [5.74, 6) is -0.527. The SMILES string of the molecule is COc1c(N2CCC(O)C(O)C2)c(F)c(C)c2c(=O)[nH]c(=O)n(C3CC3)c12. The summed E-state index contributed by atoms with van der Waals surface area (Å²) < 4.78 is 22.3. The van der Waals surface area contributed by atoms with Crippen LogP contribution in [0.1, 0.15) is 30.9 Å². The van der Waals surface area contributed by atoms with Crippen LogP contribution in [0.25, 0.3) is 10.9 Å². The molecular formula is C18H22FN3O5. The molecule has 8 nitrogen and oxygen atoms in total. The van der Waals surface area contributed by atoms with Gasteiger partial charge in [0.1, 0.15) is 11.2 Å². The maximum Gasteiger partial charge on any atom is 0.329 e. The van der Waals surface area contributed by atoms with Gasteiger partial charge in [0.2, 0.25) is 0 Å². The molecule has 1 saturated heterocycles. The van der Waals surface area contributed by atoms with Gasteiger partial charge in [-0.15, -0.1) is 0 Å². The highest BCUT2D eigenvalue weighted by atomic mass is 19.1. The fourth-order valence-electron chi connectivity index (χ4n) is 3.90. The van der Waals surface area contributed by atoms with E-state index >= 15 is 4.39 Å². The average Bonchev–Trinajstić information content (AvgIpc) is 3.44. The van der Waals surface area contributed by atoms with Crippen LogP contribution in [0.4, 0.5) is 10.1 Å². The topological polar surface area (TPSA) is 108 Å². The lowest BCUT2D eigenvalue weighted by Crippen LogP contribution is -2.47. The van der Waals surface area contributed by atoms with Crippen molar-refractivity contribution in [2.75, 3.05) is 25.1 Å². The molecule has 2 heterocycles. The molecule has 27 heavy (non-hydrogen) atoms. The lowest BCUT2D eigenvalue weighted by Gasteiger charge is -2.36. The van der Waals surface area contributed by atoms with E-state index in [0.29, 0.717) is 6.54 Å². The second-order valence-electron chi connectivity index (χ2n) is 7.27. The van der Waals surface area contributed by atoms with Crippen LogP contribution in [0.5, 0.6) is 5.75 Å². The number of benzene rings is 1. The van der Waals surface area contributed by atoms with Gasteiger partial charge in [-0.3, -0.25) is 14.3 Å². The van der Waals surface area contributed by atoms with Crippen LogP contribution in [0, 0.1) is 12.7 Å². The Balaban J connectivity index is 2.06. The number of ether oxygens (including phenoxy) is 1. The molecule has 2 atom stereocenters. The molecule has 9 heteroatoms. The summed E-state index contributed by atoms with van der Waals surface area (Å²) in [6.45, 7) is 1.83. The van der Waals surface area contributed by atoms with E-state index in [9.17, 15) is 19.8 Å². The van der Waals surface area contributed by atoms with E-state index in [1.807, 2.05) is 0 Å². The number of aryl methyl sites for hydroxylation is 1. The Hall–Kier alpha value is -2.39. The number of aliphatic hydroxyl groups is 2. The number of β-amino-alcohol motifs (C(OH)–C–C–N with tert-alkyl or cyclic N) is 1. The number of methoxy groups -OCH3 is 1. The van der Waals surface area contributed by atoms with E-state index in [0.717, 1.165) is 12.8 Å². The molecule has 1 aliphatic carbocycles. The molecule has 2 unspecified atom stereocenters. The predicted octanol–water partition coefficient (Wildman–Crippen LogP) is 0.413. The molecule has 1 aromatic carbocycles. The number of hydrogen-bond donors (Lipinski definition) is 3. The third-order valence-electron chi connectivity index (χ3n) is 5.47. The zero-order valence-corrected chi connectivity index (χ0v) is 15.2. The standard InChI is InChI=1S/C18H22FN3O5/c1-8-12-14(22(9-3-4-9)18(26)20-17(12)25)16(27-2)15(13(8)19)21-6-5-10(23)11(24)7-21/h9-11,23-24H,3-7H2,1-2H3,(H,20,25,26). The Bertz CT molecular complexity index is 1030. The van der Waals surface area contributed by atoms with Crippen LogP contribution in [0.2, 0.25) is 0 Å². The van der Waals surface area contributed by atoms with Gasteiger partial charge in [0.15, 0.2) is 11.6 Å². The molecule has 1 aliphatic heterocycles. The second kappa shape index (κ2) is 6.35. The van der Waals surface area contributed by atoms with E-state index in [1.54, 1.807) is 4.90 Å². The smallest absolute Gasteiger partial charge is 0.329 e. The van der Waals surface area contributed by atoms with Crippen molar-refractivity contribution in [3.8, 4) is 5.75 Å². The van der Waals surface area contributed by atoms with Crippen molar-refractivity contribution in [1.82, 2.24) is 9.55 Å². The van der Waals surface area contributed by atoms with E-state index < -0.39 is 29.3 Å². The molecule has 146 valence electrons. The molecule has 2 fully saturated rings. The summed E-state index contributed by atoms with van der Waals surface area (Å²) in [6.07, 6.45) is -0.0334. The van der Waals surface area contributed by atoms with Crippen LogP contribution in [-0.2, 0) is 0 Å². The molecular weight excluding hydrogens is 357 g/mol. The van der Waals surface area contributed by atoms with Gasteiger partial charge in [0.05, 0.1) is 24.7 Å². The summed E-state index contributed by atoms with van der Waals surface area (Å²) in [5.41, 5.74) is -0.685. The molecule has 1 aromatic heterocycles. The Morgan fingerprint density at radius 1 is 1.19 bits per heavy atom.